The third-order valence-corrected chi connectivity index (χ3v) is 2.83. The summed E-state index contributed by atoms with van der Waals surface area (Å²) in [5.41, 5.74) is 7.45. The number of aryl methyl sites for hydroxylation is 1. The van der Waals surface area contributed by atoms with Crippen molar-refractivity contribution in [3.05, 3.63) is 40.6 Å². The number of hydrogen-bond acceptors (Lipinski definition) is 4. The van der Waals surface area contributed by atoms with E-state index in [0.29, 0.717) is 11.4 Å². The van der Waals surface area contributed by atoms with Crippen LogP contribution < -0.4 is 16.7 Å². The van der Waals surface area contributed by atoms with Gasteiger partial charge in [0.25, 0.3) is 0 Å². The highest BCUT2D eigenvalue weighted by Crippen LogP contribution is 2.20. The molecule has 2 rings (SSSR count). The highest BCUT2D eigenvalue weighted by molar-refractivity contribution is 5.92. The zero-order valence-electron chi connectivity index (χ0n) is 10.8. The Hall–Kier alpha value is -2.57. The molecule has 0 aliphatic heterocycles. The van der Waals surface area contributed by atoms with E-state index in [0.717, 1.165) is 10.2 Å². The number of aromatic nitrogens is 3. The summed E-state index contributed by atoms with van der Waals surface area (Å²) in [5, 5.41) is 6.53. The molecule has 1 amide bonds. The molecule has 19 heavy (non-hydrogen) atoms. The van der Waals surface area contributed by atoms with Crippen molar-refractivity contribution < 1.29 is 4.79 Å². The van der Waals surface area contributed by atoms with Gasteiger partial charge in [0.2, 0.25) is 5.91 Å². The normalized spacial score (nSPS) is 10.4. The molecule has 0 radical (unpaired) electrons. The number of anilines is 2. The molecule has 2 aromatic rings. The SMILES string of the molecule is Cc1c(N)cccc1NC(=O)Cn1ncn(C)c1=O. The van der Waals surface area contributed by atoms with E-state index < -0.39 is 0 Å². The first-order chi connectivity index (χ1) is 8.99. The lowest BCUT2D eigenvalue weighted by Crippen LogP contribution is -2.29. The lowest BCUT2D eigenvalue weighted by atomic mass is 10.1. The minimum absolute atomic E-state index is 0.131. The fraction of sp³-hybridized carbons (Fsp3) is 0.250. The molecule has 1 heterocycles. The zero-order valence-corrected chi connectivity index (χ0v) is 10.8. The van der Waals surface area contributed by atoms with Gasteiger partial charge in [-0.25, -0.2) is 9.48 Å². The van der Waals surface area contributed by atoms with Crippen molar-refractivity contribution in [3.63, 3.8) is 0 Å². The number of nitrogen functional groups attached to an aromatic ring is 1. The molecule has 7 heteroatoms. The number of rotatable bonds is 3. The Morgan fingerprint density at radius 1 is 1.47 bits per heavy atom. The van der Waals surface area contributed by atoms with E-state index in [1.807, 2.05) is 6.92 Å². The number of benzene rings is 1. The first-order valence-electron chi connectivity index (χ1n) is 5.72. The number of nitrogens with two attached hydrogens (primary N) is 1. The molecule has 1 aromatic heterocycles. The van der Waals surface area contributed by atoms with Gasteiger partial charge < -0.3 is 11.1 Å². The summed E-state index contributed by atoms with van der Waals surface area (Å²) in [4.78, 5) is 23.4. The van der Waals surface area contributed by atoms with E-state index in [-0.39, 0.29) is 18.1 Å². The Kier molecular flexibility index (Phi) is 3.37. The van der Waals surface area contributed by atoms with E-state index in [1.165, 1.54) is 10.9 Å². The second-order valence-electron chi connectivity index (χ2n) is 4.25. The van der Waals surface area contributed by atoms with Crippen molar-refractivity contribution in [1.29, 1.82) is 0 Å². The quantitative estimate of drug-likeness (QED) is 0.767. The number of carbonyl (C=O) groups is 1. The summed E-state index contributed by atoms with van der Waals surface area (Å²) in [6, 6.07) is 5.27. The molecule has 100 valence electrons. The Bertz CT molecular complexity index is 671. The van der Waals surface area contributed by atoms with E-state index in [1.54, 1.807) is 25.2 Å². The smallest absolute Gasteiger partial charge is 0.345 e. The van der Waals surface area contributed by atoms with Crippen molar-refractivity contribution in [2.45, 2.75) is 13.5 Å². The van der Waals surface area contributed by atoms with Gasteiger partial charge in [0.05, 0.1) is 0 Å². The van der Waals surface area contributed by atoms with E-state index in [4.69, 9.17) is 5.73 Å². The molecule has 0 saturated heterocycles. The molecule has 7 nitrogen and oxygen atoms in total. The third kappa shape index (κ3) is 2.65. The van der Waals surface area contributed by atoms with E-state index >= 15 is 0 Å². The number of amides is 1. The fourth-order valence-electron chi connectivity index (χ4n) is 1.64. The standard InChI is InChI=1S/C12H15N5O2/c1-8-9(13)4-3-5-10(8)15-11(18)6-17-12(19)16(2)7-14-17/h3-5,7H,6,13H2,1-2H3,(H,15,18). The minimum Gasteiger partial charge on any atom is -0.398 e. The summed E-state index contributed by atoms with van der Waals surface area (Å²) in [5.74, 6) is -0.325. The fourth-order valence-corrected chi connectivity index (χ4v) is 1.64. The Balaban J connectivity index is 2.12. The summed E-state index contributed by atoms with van der Waals surface area (Å²) in [6.45, 7) is 1.69. The molecule has 0 aliphatic rings. The van der Waals surface area contributed by atoms with E-state index in [2.05, 4.69) is 10.4 Å². The van der Waals surface area contributed by atoms with Gasteiger partial charge in [0, 0.05) is 18.4 Å². The summed E-state index contributed by atoms with van der Waals surface area (Å²) >= 11 is 0. The van der Waals surface area contributed by atoms with Crippen LogP contribution in [0.2, 0.25) is 0 Å². The van der Waals surface area contributed by atoms with Gasteiger partial charge in [-0.1, -0.05) is 6.07 Å². The first-order valence-corrected chi connectivity index (χ1v) is 5.72. The molecule has 0 spiro atoms. The number of nitrogens with one attached hydrogen (secondary N) is 1. The molecule has 0 bridgehead atoms. The molecule has 0 atom stereocenters. The third-order valence-electron chi connectivity index (χ3n) is 2.83. The highest BCUT2D eigenvalue weighted by atomic mass is 16.2. The molecular formula is C12H15N5O2. The molecular weight excluding hydrogens is 246 g/mol. The molecule has 0 fully saturated rings. The monoisotopic (exact) mass is 261 g/mol. The Morgan fingerprint density at radius 3 is 2.84 bits per heavy atom. The Morgan fingerprint density at radius 2 is 2.21 bits per heavy atom. The lowest BCUT2D eigenvalue weighted by molar-refractivity contribution is -0.117. The maximum atomic E-state index is 11.8. The van der Waals surface area contributed by atoms with E-state index in [9.17, 15) is 9.59 Å². The highest BCUT2D eigenvalue weighted by Gasteiger charge is 2.10. The molecule has 3 N–H and O–H groups in total. The van der Waals surface area contributed by atoms with Crippen molar-refractivity contribution in [3.8, 4) is 0 Å². The summed E-state index contributed by atoms with van der Waals surface area (Å²) in [6.07, 6.45) is 1.36. The number of nitrogens with zero attached hydrogens (tertiary/aromatic N) is 3. The number of hydrogen-bond donors (Lipinski definition) is 2. The second kappa shape index (κ2) is 4.97. The predicted octanol–water partition coefficient (Wildman–Crippen LogP) is 0.111. The Labute approximate surface area is 109 Å². The van der Waals surface area contributed by atoms with Crippen LogP contribution >= 0.6 is 0 Å². The molecule has 0 saturated carbocycles. The maximum Gasteiger partial charge on any atom is 0.345 e. The van der Waals surface area contributed by atoms with Crippen LogP contribution in [0.1, 0.15) is 5.56 Å². The lowest BCUT2D eigenvalue weighted by Gasteiger charge is -2.09. The van der Waals surface area contributed by atoms with Crippen LogP contribution in [0, 0.1) is 6.92 Å². The maximum absolute atomic E-state index is 11.8. The average Bonchev–Trinajstić information content (AvgIpc) is 2.67. The molecule has 0 unspecified atom stereocenters. The van der Waals surface area contributed by atoms with Gasteiger partial charge in [0.1, 0.15) is 12.9 Å². The zero-order chi connectivity index (χ0) is 14.0. The van der Waals surface area contributed by atoms with Gasteiger partial charge in [-0.3, -0.25) is 9.36 Å². The predicted molar refractivity (Wildman–Crippen MR) is 71.7 cm³/mol. The minimum atomic E-state index is -0.334. The van der Waals surface area contributed by atoms with Crippen LogP contribution in [0.15, 0.2) is 29.3 Å². The van der Waals surface area contributed by atoms with Gasteiger partial charge in [-0.05, 0) is 24.6 Å². The average molecular weight is 261 g/mol. The topological polar surface area (TPSA) is 94.9 Å². The summed E-state index contributed by atoms with van der Waals surface area (Å²) in [7, 11) is 1.58. The van der Waals surface area contributed by atoms with Crippen LogP contribution in [0.3, 0.4) is 0 Å². The van der Waals surface area contributed by atoms with Crippen molar-refractivity contribution >= 4 is 17.3 Å². The van der Waals surface area contributed by atoms with Gasteiger partial charge >= 0.3 is 5.69 Å². The second-order valence-corrected chi connectivity index (χ2v) is 4.25. The van der Waals surface area contributed by atoms with Crippen molar-refractivity contribution in [2.75, 3.05) is 11.1 Å². The van der Waals surface area contributed by atoms with Gasteiger partial charge in [-0.2, -0.15) is 5.10 Å². The molecule has 0 aliphatic carbocycles. The van der Waals surface area contributed by atoms with Crippen molar-refractivity contribution in [1.82, 2.24) is 14.3 Å². The summed E-state index contributed by atoms with van der Waals surface area (Å²) < 4.78 is 2.40. The van der Waals surface area contributed by atoms with Crippen LogP contribution in [0.5, 0.6) is 0 Å². The van der Waals surface area contributed by atoms with Crippen LogP contribution in [0.4, 0.5) is 11.4 Å². The molecule has 1 aromatic carbocycles. The largest absolute Gasteiger partial charge is 0.398 e. The number of carbonyl (C=O) groups excluding carboxylic acids is 1. The van der Waals surface area contributed by atoms with Crippen LogP contribution in [0.25, 0.3) is 0 Å². The van der Waals surface area contributed by atoms with Crippen LogP contribution in [-0.2, 0) is 18.4 Å². The van der Waals surface area contributed by atoms with Crippen molar-refractivity contribution in [2.24, 2.45) is 7.05 Å². The van der Waals surface area contributed by atoms with Crippen LogP contribution in [-0.4, -0.2) is 20.3 Å². The first kappa shape index (κ1) is 12.9. The van der Waals surface area contributed by atoms with Gasteiger partial charge in [-0.15, -0.1) is 0 Å². The van der Waals surface area contributed by atoms with Gasteiger partial charge in [0.15, 0.2) is 0 Å².